The van der Waals surface area contributed by atoms with Gasteiger partial charge in [0.15, 0.2) is 0 Å². The van der Waals surface area contributed by atoms with Crippen LogP contribution in [0, 0.1) is 11.3 Å². The number of para-hydroxylation sites is 2. The minimum atomic E-state index is -0.341. The Morgan fingerprint density at radius 3 is 2.70 bits per heavy atom. The fourth-order valence-corrected chi connectivity index (χ4v) is 2.47. The molecule has 0 aliphatic rings. The molecule has 0 unspecified atom stereocenters. The number of carbonyl (C=O) groups is 1. The van der Waals surface area contributed by atoms with E-state index in [2.05, 4.69) is 15.6 Å². The Morgan fingerprint density at radius 1 is 1.11 bits per heavy atom. The van der Waals surface area contributed by atoms with Gasteiger partial charge < -0.3 is 15.4 Å². The summed E-state index contributed by atoms with van der Waals surface area (Å²) in [5.74, 6) is 0.408. The maximum absolute atomic E-state index is 12.3. The van der Waals surface area contributed by atoms with Crippen molar-refractivity contribution >= 4 is 23.0 Å². The van der Waals surface area contributed by atoms with E-state index in [1.807, 2.05) is 37.3 Å². The first-order chi connectivity index (χ1) is 13.2. The van der Waals surface area contributed by atoms with Crippen molar-refractivity contribution in [2.45, 2.75) is 6.92 Å². The van der Waals surface area contributed by atoms with Crippen LogP contribution in [0.1, 0.15) is 23.0 Å². The van der Waals surface area contributed by atoms with Crippen LogP contribution in [0.2, 0.25) is 0 Å². The first kappa shape index (κ1) is 18.0. The van der Waals surface area contributed by atoms with Crippen LogP contribution in [-0.4, -0.2) is 17.5 Å². The van der Waals surface area contributed by atoms with Crippen molar-refractivity contribution in [3.63, 3.8) is 0 Å². The van der Waals surface area contributed by atoms with Crippen molar-refractivity contribution in [1.82, 2.24) is 4.98 Å². The van der Waals surface area contributed by atoms with Gasteiger partial charge in [0.25, 0.3) is 5.91 Å². The number of ether oxygens (including phenoxy) is 1. The van der Waals surface area contributed by atoms with E-state index in [0.29, 0.717) is 17.9 Å². The van der Waals surface area contributed by atoms with Gasteiger partial charge in [0, 0.05) is 5.69 Å². The molecule has 0 fully saturated rings. The second-order valence-electron chi connectivity index (χ2n) is 5.63. The summed E-state index contributed by atoms with van der Waals surface area (Å²) in [6.07, 6.45) is 1.59. The summed E-state index contributed by atoms with van der Waals surface area (Å²) in [5.41, 5.74) is 2.87. The topological polar surface area (TPSA) is 87.0 Å². The Hall–Kier alpha value is -3.85. The molecular formula is C21H18N4O2. The molecule has 0 atom stereocenters. The van der Waals surface area contributed by atoms with Crippen molar-refractivity contribution in [2.75, 3.05) is 17.2 Å². The van der Waals surface area contributed by atoms with Crippen LogP contribution in [0.4, 0.5) is 17.1 Å². The van der Waals surface area contributed by atoms with Gasteiger partial charge in [0.1, 0.15) is 11.4 Å². The van der Waals surface area contributed by atoms with Gasteiger partial charge in [-0.25, -0.2) is 4.98 Å². The highest BCUT2D eigenvalue weighted by Crippen LogP contribution is 2.27. The minimum absolute atomic E-state index is 0.279. The largest absolute Gasteiger partial charge is 0.492 e. The van der Waals surface area contributed by atoms with Gasteiger partial charge in [-0.1, -0.05) is 18.2 Å². The molecule has 0 aliphatic heterocycles. The molecule has 0 saturated carbocycles. The third-order valence-corrected chi connectivity index (χ3v) is 3.71. The van der Waals surface area contributed by atoms with Crippen molar-refractivity contribution < 1.29 is 9.53 Å². The number of amides is 1. The highest BCUT2D eigenvalue weighted by molar-refractivity contribution is 6.03. The van der Waals surface area contributed by atoms with E-state index in [-0.39, 0.29) is 11.6 Å². The number of carbonyl (C=O) groups excluding carboxylic acids is 1. The van der Waals surface area contributed by atoms with Gasteiger partial charge in [-0.05, 0) is 49.4 Å². The molecule has 0 radical (unpaired) electrons. The summed E-state index contributed by atoms with van der Waals surface area (Å²) >= 11 is 0. The number of nitrogens with one attached hydrogen (secondary N) is 2. The van der Waals surface area contributed by atoms with Crippen LogP contribution in [0.15, 0.2) is 66.9 Å². The van der Waals surface area contributed by atoms with E-state index >= 15 is 0 Å². The predicted octanol–water partition coefficient (Wildman–Crippen LogP) is 4.35. The normalized spacial score (nSPS) is 9.93. The number of anilines is 3. The number of hydrogen-bond donors (Lipinski definition) is 2. The van der Waals surface area contributed by atoms with Gasteiger partial charge in [-0.2, -0.15) is 5.26 Å². The molecule has 0 bridgehead atoms. The van der Waals surface area contributed by atoms with Gasteiger partial charge in [-0.15, -0.1) is 0 Å². The van der Waals surface area contributed by atoms with Crippen molar-refractivity contribution in [2.24, 2.45) is 0 Å². The lowest BCUT2D eigenvalue weighted by Gasteiger charge is -2.12. The van der Waals surface area contributed by atoms with E-state index in [0.717, 1.165) is 17.1 Å². The molecule has 3 aromatic rings. The fourth-order valence-electron chi connectivity index (χ4n) is 2.47. The molecule has 2 N–H and O–H groups in total. The Morgan fingerprint density at radius 2 is 1.96 bits per heavy atom. The summed E-state index contributed by atoms with van der Waals surface area (Å²) in [5, 5.41) is 14.9. The van der Waals surface area contributed by atoms with Gasteiger partial charge >= 0.3 is 0 Å². The smallest absolute Gasteiger partial charge is 0.274 e. The molecule has 134 valence electrons. The van der Waals surface area contributed by atoms with Crippen molar-refractivity contribution in [3.8, 4) is 11.8 Å². The third-order valence-electron chi connectivity index (χ3n) is 3.71. The van der Waals surface area contributed by atoms with Crippen LogP contribution in [-0.2, 0) is 0 Å². The zero-order valence-corrected chi connectivity index (χ0v) is 14.8. The van der Waals surface area contributed by atoms with Crippen LogP contribution in [0.3, 0.4) is 0 Å². The summed E-state index contributed by atoms with van der Waals surface area (Å²) < 4.78 is 5.59. The number of pyridine rings is 1. The maximum atomic E-state index is 12.3. The first-order valence-corrected chi connectivity index (χ1v) is 8.46. The Balaban J connectivity index is 1.70. The fraction of sp³-hybridized carbons (Fsp3) is 0.0952. The number of nitriles is 1. The molecule has 6 heteroatoms. The van der Waals surface area contributed by atoms with Crippen LogP contribution in [0.5, 0.6) is 5.75 Å². The second-order valence-corrected chi connectivity index (χ2v) is 5.63. The summed E-state index contributed by atoms with van der Waals surface area (Å²) in [7, 11) is 0. The zero-order chi connectivity index (χ0) is 19.1. The summed E-state index contributed by atoms with van der Waals surface area (Å²) in [6.45, 7) is 2.50. The molecular weight excluding hydrogens is 340 g/mol. The molecule has 27 heavy (non-hydrogen) atoms. The number of benzene rings is 2. The number of nitrogens with zero attached hydrogens (tertiary/aromatic N) is 2. The minimum Gasteiger partial charge on any atom is -0.492 e. The van der Waals surface area contributed by atoms with E-state index in [4.69, 9.17) is 10.00 Å². The number of hydrogen-bond acceptors (Lipinski definition) is 5. The Bertz CT molecular complexity index is 978. The van der Waals surface area contributed by atoms with E-state index in [9.17, 15) is 4.79 Å². The van der Waals surface area contributed by atoms with E-state index < -0.39 is 0 Å². The molecule has 0 saturated heterocycles. The summed E-state index contributed by atoms with van der Waals surface area (Å²) in [6, 6.07) is 19.8. The standard InChI is InChI=1S/C21H18N4O2/c1-2-27-20-9-4-3-8-18(20)24-17-10-11-19(23-14-17)21(26)25-16-7-5-6-15(12-16)13-22/h3-12,14,24H,2H2,1H3,(H,25,26). The lowest BCUT2D eigenvalue weighted by molar-refractivity contribution is 0.102. The van der Waals surface area contributed by atoms with E-state index in [1.54, 1.807) is 42.6 Å². The van der Waals surface area contributed by atoms with E-state index in [1.165, 1.54) is 0 Å². The predicted molar refractivity (Wildman–Crippen MR) is 104 cm³/mol. The molecule has 1 amide bonds. The zero-order valence-electron chi connectivity index (χ0n) is 14.8. The molecule has 1 heterocycles. The number of aromatic nitrogens is 1. The van der Waals surface area contributed by atoms with Gasteiger partial charge in [0.05, 0.1) is 35.8 Å². The monoisotopic (exact) mass is 358 g/mol. The van der Waals surface area contributed by atoms with Crippen molar-refractivity contribution in [1.29, 1.82) is 5.26 Å². The quantitative estimate of drug-likeness (QED) is 0.684. The molecule has 3 rings (SSSR count). The average Bonchev–Trinajstić information content (AvgIpc) is 2.70. The number of rotatable bonds is 6. The Labute approximate surface area is 157 Å². The van der Waals surface area contributed by atoms with Crippen LogP contribution >= 0.6 is 0 Å². The lowest BCUT2D eigenvalue weighted by atomic mass is 10.2. The SMILES string of the molecule is CCOc1ccccc1Nc1ccc(C(=O)Nc2cccc(C#N)c2)nc1. The molecule has 1 aromatic heterocycles. The molecule has 6 nitrogen and oxygen atoms in total. The van der Waals surface area contributed by atoms with Crippen LogP contribution < -0.4 is 15.4 Å². The lowest BCUT2D eigenvalue weighted by Crippen LogP contribution is -2.13. The van der Waals surface area contributed by atoms with Gasteiger partial charge in [-0.3, -0.25) is 4.79 Å². The molecule has 2 aromatic carbocycles. The second kappa shape index (κ2) is 8.50. The third kappa shape index (κ3) is 4.61. The highest BCUT2D eigenvalue weighted by Gasteiger charge is 2.09. The maximum Gasteiger partial charge on any atom is 0.274 e. The first-order valence-electron chi connectivity index (χ1n) is 8.46. The molecule has 0 spiro atoms. The Kier molecular flexibility index (Phi) is 5.65. The van der Waals surface area contributed by atoms with Gasteiger partial charge in [0.2, 0.25) is 0 Å². The average molecular weight is 358 g/mol. The van der Waals surface area contributed by atoms with Crippen LogP contribution in [0.25, 0.3) is 0 Å². The molecule has 0 aliphatic carbocycles. The van der Waals surface area contributed by atoms with Crippen molar-refractivity contribution in [3.05, 3.63) is 78.1 Å². The highest BCUT2D eigenvalue weighted by atomic mass is 16.5. The summed E-state index contributed by atoms with van der Waals surface area (Å²) in [4.78, 5) is 16.5.